The zero-order chi connectivity index (χ0) is 18.8. The Bertz CT molecular complexity index is 710. The predicted molar refractivity (Wildman–Crippen MR) is 103 cm³/mol. The average molecular weight is 372 g/mol. The second-order valence-electron chi connectivity index (χ2n) is 7.69. The Balaban J connectivity index is 1.39. The van der Waals surface area contributed by atoms with Gasteiger partial charge in [0.2, 0.25) is 17.8 Å². The van der Waals surface area contributed by atoms with Gasteiger partial charge in [-0.05, 0) is 32.6 Å². The van der Waals surface area contributed by atoms with Crippen molar-refractivity contribution in [3.63, 3.8) is 0 Å². The second kappa shape index (κ2) is 7.70. The van der Waals surface area contributed by atoms with Crippen molar-refractivity contribution in [1.82, 2.24) is 20.2 Å². The van der Waals surface area contributed by atoms with Gasteiger partial charge in [-0.25, -0.2) is 4.98 Å². The van der Waals surface area contributed by atoms with E-state index in [1.165, 1.54) is 19.3 Å². The van der Waals surface area contributed by atoms with Crippen LogP contribution in [0.4, 0.5) is 11.8 Å². The van der Waals surface area contributed by atoms with Crippen molar-refractivity contribution in [2.24, 2.45) is 0 Å². The smallest absolute Gasteiger partial charge is 0.245 e. The lowest BCUT2D eigenvalue weighted by atomic mass is 10.1. The highest BCUT2D eigenvalue weighted by molar-refractivity contribution is 5.90. The van der Waals surface area contributed by atoms with Gasteiger partial charge in [0.15, 0.2) is 0 Å². The lowest BCUT2D eigenvalue weighted by molar-refractivity contribution is -0.134. The Morgan fingerprint density at radius 1 is 1.04 bits per heavy atom. The molecule has 146 valence electrons. The van der Waals surface area contributed by atoms with Gasteiger partial charge in [0.05, 0.1) is 0 Å². The number of nitrogens with zero attached hydrogens (tertiary/aromatic N) is 5. The molecule has 27 heavy (non-hydrogen) atoms. The van der Waals surface area contributed by atoms with Crippen LogP contribution in [0.15, 0.2) is 6.07 Å². The predicted octanol–water partition coefficient (Wildman–Crippen LogP) is 0.703. The van der Waals surface area contributed by atoms with E-state index in [4.69, 9.17) is 4.98 Å². The Morgan fingerprint density at radius 3 is 2.44 bits per heavy atom. The Kier molecular flexibility index (Phi) is 5.13. The van der Waals surface area contributed by atoms with Crippen LogP contribution in [0, 0.1) is 6.92 Å². The number of nitrogens with one attached hydrogen (secondary N) is 1. The van der Waals surface area contributed by atoms with Crippen LogP contribution in [0.25, 0.3) is 0 Å². The van der Waals surface area contributed by atoms with Crippen molar-refractivity contribution >= 4 is 23.6 Å². The molecule has 0 aromatic carbocycles. The van der Waals surface area contributed by atoms with Crippen molar-refractivity contribution in [1.29, 1.82) is 0 Å². The second-order valence-corrected chi connectivity index (χ2v) is 7.69. The zero-order valence-corrected chi connectivity index (χ0v) is 16.0. The molecule has 3 aliphatic rings. The van der Waals surface area contributed by atoms with Crippen molar-refractivity contribution in [3.05, 3.63) is 11.8 Å². The SMILES string of the molecule is Cc1cc(N2CCCCC2)nc(N2CCN(C(=O)C3CCC(=O)N3)CC2)n1. The van der Waals surface area contributed by atoms with Crippen LogP contribution >= 0.6 is 0 Å². The summed E-state index contributed by atoms with van der Waals surface area (Å²) in [6.45, 7) is 6.85. The van der Waals surface area contributed by atoms with Crippen molar-refractivity contribution in [2.75, 3.05) is 49.1 Å². The first-order chi connectivity index (χ1) is 13.1. The largest absolute Gasteiger partial charge is 0.356 e. The highest BCUT2D eigenvalue weighted by atomic mass is 16.2. The molecule has 1 aromatic heterocycles. The fourth-order valence-electron chi connectivity index (χ4n) is 4.11. The number of aryl methyl sites for hydroxylation is 1. The highest BCUT2D eigenvalue weighted by Gasteiger charge is 2.32. The van der Waals surface area contributed by atoms with E-state index in [-0.39, 0.29) is 17.9 Å². The molecule has 3 saturated heterocycles. The van der Waals surface area contributed by atoms with Crippen LogP contribution in [-0.4, -0.2) is 72.0 Å². The van der Waals surface area contributed by atoms with E-state index >= 15 is 0 Å². The topological polar surface area (TPSA) is 81.7 Å². The summed E-state index contributed by atoms with van der Waals surface area (Å²) in [5.74, 6) is 1.80. The number of carbonyl (C=O) groups is 2. The first-order valence-corrected chi connectivity index (χ1v) is 10.0. The number of amides is 2. The molecule has 1 atom stereocenters. The molecule has 2 amide bonds. The molecular weight excluding hydrogens is 344 g/mol. The number of hydrogen-bond acceptors (Lipinski definition) is 6. The van der Waals surface area contributed by atoms with Gasteiger partial charge in [0.1, 0.15) is 11.9 Å². The summed E-state index contributed by atoms with van der Waals surface area (Å²) in [5.41, 5.74) is 0.979. The van der Waals surface area contributed by atoms with Gasteiger partial charge in [0.25, 0.3) is 0 Å². The quantitative estimate of drug-likeness (QED) is 0.841. The minimum absolute atomic E-state index is 0.0228. The number of rotatable bonds is 3. The van der Waals surface area contributed by atoms with E-state index in [0.29, 0.717) is 25.9 Å². The molecule has 0 bridgehead atoms. The van der Waals surface area contributed by atoms with Gasteiger partial charge in [-0.1, -0.05) is 0 Å². The molecule has 3 aliphatic heterocycles. The van der Waals surface area contributed by atoms with Crippen LogP contribution < -0.4 is 15.1 Å². The number of aromatic nitrogens is 2. The lowest BCUT2D eigenvalue weighted by Gasteiger charge is -2.36. The number of piperidine rings is 1. The summed E-state index contributed by atoms with van der Waals surface area (Å²) in [6, 6.07) is 1.72. The van der Waals surface area contributed by atoms with E-state index < -0.39 is 0 Å². The molecule has 8 heteroatoms. The molecule has 0 saturated carbocycles. The first kappa shape index (κ1) is 18.0. The molecule has 1 N–H and O–H groups in total. The zero-order valence-electron chi connectivity index (χ0n) is 16.0. The standard InChI is InChI=1S/C19H28N6O2/c1-14-13-16(23-7-3-2-4-8-23)22-19(20-14)25-11-9-24(10-12-25)18(27)15-5-6-17(26)21-15/h13,15H,2-12H2,1H3,(H,21,26). The molecule has 3 fully saturated rings. The van der Waals surface area contributed by atoms with Gasteiger partial charge in [-0.15, -0.1) is 0 Å². The van der Waals surface area contributed by atoms with E-state index in [0.717, 1.165) is 43.6 Å². The van der Waals surface area contributed by atoms with Crippen LogP contribution in [-0.2, 0) is 9.59 Å². The Labute approximate surface area is 159 Å². The summed E-state index contributed by atoms with van der Waals surface area (Å²) in [7, 11) is 0. The summed E-state index contributed by atoms with van der Waals surface area (Å²) in [4.78, 5) is 39.7. The van der Waals surface area contributed by atoms with E-state index in [9.17, 15) is 9.59 Å². The summed E-state index contributed by atoms with van der Waals surface area (Å²) in [5, 5.41) is 2.77. The molecule has 0 aliphatic carbocycles. The summed E-state index contributed by atoms with van der Waals surface area (Å²) in [6.07, 6.45) is 4.80. The fourth-order valence-corrected chi connectivity index (χ4v) is 4.11. The normalized spacial score (nSPS) is 23.5. The third kappa shape index (κ3) is 3.99. The van der Waals surface area contributed by atoms with Crippen molar-refractivity contribution in [3.8, 4) is 0 Å². The third-order valence-electron chi connectivity index (χ3n) is 5.68. The maximum Gasteiger partial charge on any atom is 0.245 e. The lowest BCUT2D eigenvalue weighted by Crippen LogP contribution is -2.53. The van der Waals surface area contributed by atoms with Crippen LogP contribution in [0.2, 0.25) is 0 Å². The highest BCUT2D eigenvalue weighted by Crippen LogP contribution is 2.22. The molecule has 1 unspecified atom stereocenters. The Hall–Kier alpha value is -2.38. The molecule has 1 aromatic rings. The number of carbonyl (C=O) groups excluding carboxylic acids is 2. The maximum atomic E-state index is 12.6. The third-order valence-corrected chi connectivity index (χ3v) is 5.68. The van der Waals surface area contributed by atoms with Gasteiger partial charge >= 0.3 is 0 Å². The van der Waals surface area contributed by atoms with Crippen LogP contribution in [0.5, 0.6) is 0 Å². The summed E-state index contributed by atoms with van der Waals surface area (Å²) < 4.78 is 0. The Morgan fingerprint density at radius 2 is 1.78 bits per heavy atom. The van der Waals surface area contributed by atoms with Gasteiger partial charge < -0.3 is 20.0 Å². The minimum atomic E-state index is -0.343. The first-order valence-electron chi connectivity index (χ1n) is 10.0. The molecule has 0 spiro atoms. The fraction of sp³-hybridized carbons (Fsp3) is 0.684. The number of hydrogen-bond donors (Lipinski definition) is 1. The van der Waals surface area contributed by atoms with Crippen molar-refractivity contribution < 1.29 is 9.59 Å². The minimum Gasteiger partial charge on any atom is -0.356 e. The van der Waals surface area contributed by atoms with Crippen LogP contribution in [0.1, 0.15) is 37.8 Å². The van der Waals surface area contributed by atoms with E-state index in [1.807, 2.05) is 11.8 Å². The average Bonchev–Trinajstić information content (AvgIpc) is 3.14. The number of anilines is 2. The van der Waals surface area contributed by atoms with Gasteiger partial charge in [-0.3, -0.25) is 9.59 Å². The molecular formula is C19H28N6O2. The molecule has 4 rings (SSSR count). The summed E-state index contributed by atoms with van der Waals surface area (Å²) >= 11 is 0. The molecule has 0 radical (unpaired) electrons. The number of piperazine rings is 1. The molecule has 4 heterocycles. The van der Waals surface area contributed by atoms with E-state index in [2.05, 4.69) is 26.2 Å². The maximum absolute atomic E-state index is 12.6. The van der Waals surface area contributed by atoms with Crippen LogP contribution in [0.3, 0.4) is 0 Å². The van der Waals surface area contributed by atoms with Gasteiger partial charge in [-0.2, -0.15) is 4.98 Å². The van der Waals surface area contributed by atoms with Crippen molar-refractivity contribution in [2.45, 2.75) is 45.1 Å². The van der Waals surface area contributed by atoms with E-state index in [1.54, 1.807) is 0 Å². The monoisotopic (exact) mass is 372 g/mol. The molecule has 8 nitrogen and oxygen atoms in total. The van der Waals surface area contributed by atoms with Gasteiger partial charge in [0, 0.05) is 57.4 Å².